The summed E-state index contributed by atoms with van der Waals surface area (Å²) in [5.41, 5.74) is 2.01. The molecule has 98 valence electrons. The Hall–Kier alpha value is -2.23. The van der Waals surface area contributed by atoms with Crippen LogP contribution in [0.5, 0.6) is 5.75 Å². The van der Waals surface area contributed by atoms with Crippen LogP contribution in [0.4, 0.5) is 0 Å². The average Bonchev–Trinajstić information content (AvgIpc) is 2.45. The molecule has 1 aromatic heterocycles. The molecule has 1 aromatic carbocycles. The lowest BCUT2D eigenvalue weighted by Crippen LogP contribution is -2.08. The van der Waals surface area contributed by atoms with Crippen molar-refractivity contribution in [3.63, 3.8) is 0 Å². The summed E-state index contributed by atoms with van der Waals surface area (Å²) in [5, 5.41) is 2.02. The second kappa shape index (κ2) is 5.61. The standard InChI is InChI=1S/C15H15NO3/c1-3-11-7-10-5-6-12(19-15(18)9-17)8-13(10)14(4-2)16-11/h5-9H,3-4H2,1-2H3. The zero-order valence-electron chi connectivity index (χ0n) is 11.0. The molecule has 0 aliphatic heterocycles. The number of hydrogen-bond donors (Lipinski definition) is 0. The average molecular weight is 257 g/mol. The third-order valence-corrected chi connectivity index (χ3v) is 2.95. The summed E-state index contributed by atoms with van der Waals surface area (Å²) < 4.78 is 4.89. The number of hydrogen-bond acceptors (Lipinski definition) is 4. The Morgan fingerprint density at radius 1 is 1.26 bits per heavy atom. The predicted octanol–water partition coefficient (Wildman–Crippen LogP) is 2.46. The maximum atomic E-state index is 11.0. The van der Waals surface area contributed by atoms with Crippen LogP contribution in [-0.2, 0) is 22.4 Å². The fourth-order valence-electron chi connectivity index (χ4n) is 2.01. The highest BCUT2D eigenvalue weighted by Gasteiger charge is 2.08. The summed E-state index contributed by atoms with van der Waals surface area (Å²) in [5.74, 6) is -0.527. The highest BCUT2D eigenvalue weighted by atomic mass is 16.5. The maximum Gasteiger partial charge on any atom is 0.376 e. The monoisotopic (exact) mass is 257 g/mol. The van der Waals surface area contributed by atoms with Gasteiger partial charge in [-0.15, -0.1) is 0 Å². The van der Waals surface area contributed by atoms with E-state index in [2.05, 4.69) is 11.9 Å². The molecule has 2 aromatic rings. The number of nitrogens with zero attached hydrogens (tertiary/aromatic N) is 1. The van der Waals surface area contributed by atoms with Gasteiger partial charge < -0.3 is 4.74 Å². The van der Waals surface area contributed by atoms with Crippen molar-refractivity contribution in [2.45, 2.75) is 26.7 Å². The molecule has 0 N–H and O–H groups in total. The zero-order chi connectivity index (χ0) is 13.8. The van der Waals surface area contributed by atoms with Crippen LogP contribution in [-0.4, -0.2) is 17.2 Å². The van der Waals surface area contributed by atoms with Gasteiger partial charge in [-0.05, 0) is 36.4 Å². The minimum absolute atomic E-state index is 0.156. The van der Waals surface area contributed by atoms with Crippen LogP contribution in [0.2, 0.25) is 0 Å². The van der Waals surface area contributed by atoms with Crippen molar-refractivity contribution < 1.29 is 14.3 Å². The van der Waals surface area contributed by atoms with Gasteiger partial charge in [-0.25, -0.2) is 4.79 Å². The molecule has 0 radical (unpaired) electrons. The lowest BCUT2D eigenvalue weighted by molar-refractivity contribution is -0.141. The quantitative estimate of drug-likeness (QED) is 0.365. The molecule has 0 saturated heterocycles. The number of aryl methyl sites for hydroxylation is 2. The Bertz CT molecular complexity index is 635. The van der Waals surface area contributed by atoms with Gasteiger partial charge in [0.15, 0.2) is 0 Å². The summed E-state index contributed by atoms with van der Waals surface area (Å²) in [6.45, 7) is 4.10. The molecule has 0 spiro atoms. The summed E-state index contributed by atoms with van der Waals surface area (Å²) in [4.78, 5) is 25.8. The number of benzene rings is 1. The molecule has 0 unspecified atom stereocenters. The van der Waals surface area contributed by atoms with Gasteiger partial charge in [-0.1, -0.05) is 19.9 Å². The first kappa shape index (κ1) is 13.2. The normalized spacial score (nSPS) is 10.4. The van der Waals surface area contributed by atoms with E-state index in [-0.39, 0.29) is 6.29 Å². The van der Waals surface area contributed by atoms with Gasteiger partial charge in [0.05, 0.1) is 0 Å². The summed E-state index contributed by atoms with van der Waals surface area (Å²) in [6.07, 6.45) is 1.84. The molecule has 0 aliphatic carbocycles. The summed E-state index contributed by atoms with van der Waals surface area (Å²) in [6, 6.07) is 7.34. The van der Waals surface area contributed by atoms with Gasteiger partial charge >= 0.3 is 5.97 Å². The number of carbonyl (C=O) groups excluding carboxylic acids is 2. The van der Waals surface area contributed by atoms with E-state index < -0.39 is 5.97 Å². The number of fused-ring (bicyclic) bond motifs is 1. The molecule has 0 aliphatic rings. The predicted molar refractivity (Wildman–Crippen MR) is 72.2 cm³/mol. The molecule has 0 fully saturated rings. The van der Waals surface area contributed by atoms with Crippen molar-refractivity contribution in [1.82, 2.24) is 4.98 Å². The van der Waals surface area contributed by atoms with Crippen LogP contribution < -0.4 is 4.74 Å². The van der Waals surface area contributed by atoms with Crippen LogP contribution in [0.25, 0.3) is 10.8 Å². The topological polar surface area (TPSA) is 56.3 Å². The van der Waals surface area contributed by atoms with Crippen molar-refractivity contribution in [2.75, 3.05) is 0 Å². The lowest BCUT2D eigenvalue weighted by atomic mass is 10.1. The Morgan fingerprint density at radius 3 is 2.68 bits per heavy atom. The van der Waals surface area contributed by atoms with Gasteiger partial charge in [0.2, 0.25) is 6.29 Å². The van der Waals surface area contributed by atoms with E-state index in [1.807, 2.05) is 19.1 Å². The highest BCUT2D eigenvalue weighted by Crippen LogP contribution is 2.24. The molecule has 0 bridgehead atoms. The fourth-order valence-corrected chi connectivity index (χ4v) is 2.01. The van der Waals surface area contributed by atoms with Crippen LogP contribution >= 0.6 is 0 Å². The second-order valence-electron chi connectivity index (χ2n) is 4.19. The molecule has 0 saturated carbocycles. The number of carbonyl (C=O) groups is 2. The van der Waals surface area contributed by atoms with E-state index in [0.29, 0.717) is 5.75 Å². The fraction of sp³-hybridized carbons (Fsp3) is 0.267. The molecular weight excluding hydrogens is 242 g/mol. The minimum Gasteiger partial charge on any atom is -0.421 e. The number of rotatable bonds is 4. The number of ether oxygens (including phenoxy) is 1. The zero-order valence-corrected chi connectivity index (χ0v) is 11.0. The van der Waals surface area contributed by atoms with E-state index in [9.17, 15) is 9.59 Å². The van der Waals surface area contributed by atoms with Gasteiger partial charge in [-0.3, -0.25) is 9.78 Å². The van der Waals surface area contributed by atoms with Crippen LogP contribution in [0, 0.1) is 0 Å². The third kappa shape index (κ3) is 2.78. The first-order valence-electron chi connectivity index (χ1n) is 6.27. The van der Waals surface area contributed by atoms with Crippen molar-refractivity contribution in [2.24, 2.45) is 0 Å². The smallest absolute Gasteiger partial charge is 0.376 e. The Labute approximate surface area is 111 Å². The molecule has 0 atom stereocenters. The maximum absolute atomic E-state index is 11.0. The van der Waals surface area contributed by atoms with Crippen molar-refractivity contribution in [3.8, 4) is 5.75 Å². The first-order valence-corrected chi connectivity index (χ1v) is 6.27. The van der Waals surface area contributed by atoms with Crippen LogP contribution in [0.3, 0.4) is 0 Å². The lowest BCUT2D eigenvalue weighted by Gasteiger charge is -2.08. The van der Waals surface area contributed by atoms with Crippen molar-refractivity contribution >= 4 is 23.0 Å². The summed E-state index contributed by atoms with van der Waals surface area (Å²) >= 11 is 0. The molecular formula is C15H15NO3. The van der Waals surface area contributed by atoms with Gasteiger partial charge in [0.1, 0.15) is 5.75 Å². The molecule has 19 heavy (non-hydrogen) atoms. The van der Waals surface area contributed by atoms with E-state index in [1.54, 1.807) is 12.1 Å². The van der Waals surface area contributed by atoms with Gasteiger partial charge in [-0.2, -0.15) is 0 Å². The third-order valence-electron chi connectivity index (χ3n) is 2.95. The highest BCUT2D eigenvalue weighted by molar-refractivity contribution is 6.21. The Balaban J connectivity index is 2.52. The Morgan fingerprint density at radius 2 is 2.05 bits per heavy atom. The number of esters is 1. The number of pyridine rings is 1. The largest absolute Gasteiger partial charge is 0.421 e. The SMILES string of the molecule is CCc1cc2ccc(OC(=O)C=O)cc2c(CC)n1. The van der Waals surface area contributed by atoms with Crippen LogP contribution in [0.15, 0.2) is 24.3 Å². The van der Waals surface area contributed by atoms with E-state index in [0.717, 1.165) is 35.0 Å². The van der Waals surface area contributed by atoms with Crippen molar-refractivity contribution in [1.29, 1.82) is 0 Å². The van der Waals surface area contributed by atoms with E-state index in [4.69, 9.17) is 4.74 Å². The molecule has 1 heterocycles. The molecule has 0 amide bonds. The summed E-state index contributed by atoms with van der Waals surface area (Å²) in [7, 11) is 0. The molecule has 4 heteroatoms. The number of aromatic nitrogens is 1. The number of aldehydes is 1. The first-order chi connectivity index (χ1) is 9.17. The van der Waals surface area contributed by atoms with Gasteiger partial charge in [0.25, 0.3) is 0 Å². The van der Waals surface area contributed by atoms with Crippen molar-refractivity contribution in [3.05, 3.63) is 35.7 Å². The van der Waals surface area contributed by atoms with Gasteiger partial charge in [0, 0.05) is 16.8 Å². The Kier molecular flexibility index (Phi) is 3.90. The van der Waals surface area contributed by atoms with E-state index >= 15 is 0 Å². The second-order valence-corrected chi connectivity index (χ2v) is 4.19. The molecule has 2 rings (SSSR count). The van der Waals surface area contributed by atoms with E-state index in [1.165, 1.54) is 0 Å². The minimum atomic E-state index is -0.893. The van der Waals surface area contributed by atoms with Crippen LogP contribution in [0.1, 0.15) is 25.2 Å². The molecule has 4 nitrogen and oxygen atoms in total.